The molecule has 0 aliphatic carbocycles. The van der Waals surface area contributed by atoms with E-state index in [9.17, 15) is 0 Å². The van der Waals surface area contributed by atoms with E-state index in [0.29, 0.717) is 0 Å². The molecule has 0 aliphatic rings. The molecular formula is C10H23N2+. The van der Waals surface area contributed by atoms with Crippen molar-refractivity contribution in [1.29, 1.82) is 0 Å². The Balaban J connectivity index is 3.28. The van der Waals surface area contributed by atoms with E-state index in [-0.39, 0.29) is 0 Å². The van der Waals surface area contributed by atoms with Gasteiger partial charge in [0.1, 0.15) is 0 Å². The first-order valence-corrected chi connectivity index (χ1v) is 4.68. The lowest BCUT2D eigenvalue weighted by Crippen LogP contribution is -2.36. The fraction of sp³-hybridized carbons (Fsp3) is 0.800. The number of rotatable bonds is 6. The summed E-state index contributed by atoms with van der Waals surface area (Å²) in [6, 6.07) is 0. The van der Waals surface area contributed by atoms with E-state index in [4.69, 9.17) is 0 Å². The van der Waals surface area contributed by atoms with Crippen molar-refractivity contribution in [2.24, 2.45) is 0 Å². The van der Waals surface area contributed by atoms with Gasteiger partial charge in [0.05, 0.1) is 27.7 Å². The molecule has 0 amide bonds. The smallest absolute Gasteiger partial charge is 0.0797 e. The molecule has 12 heavy (non-hydrogen) atoms. The second-order valence-electron chi connectivity index (χ2n) is 4.25. The molecule has 0 saturated carbocycles. The standard InChI is InChI=1S/C10H23N2/c1-6-10(2)11-8-7-9-12(3,4)5/h11H,2,6-9H2,1,3-5H3/q+1. The molecule has 0 aromatic heterocycles. The summed E-state index contributed by atoms with van der Waals surface area (Å²) in [6.45, 7) is 8.28. The van der Waals surface area contributed by atoms with Gasteiger partial charge in [-0.3, -0.25) is 0 Å². The highest BCUT2D eigenvalue weighted by Gasteiger charge is 2.04. The van der Waals surface area contributed by atoms with Crippen LogP contribution in [0.25, 0.3) is 0 Å². The monoisotopic (exact) mass is 171 g/mol. The maximum Gasteiger partial charge on any atom is 0.0797 e. The number of allylic oxidation sites excluding steroid dienone is 1. The Morgan fingerprint density at radius 1 is 1.33 bits per heavy atom. The van der Waals surface area contributed by atoms with E-state index in [2.05, 4.69) is 40.0 Å². The normalized spacial score (nSPS) is 11.3. The average molecular weight is 171 g/mol. The van der Waals surface area contributed by atoms with Gasteiger partial charge in [-0.15, -0.1) is 0 Å². The van der Waals surface area contributed by atoms with Gasteiger partial charge in [0, 0.05) is 18.7 Å². The van der Waals surface area contributed by atoms with E-state index in [1.54, 1.807) is 0 Å². The molecule has 2 nitrogen and oxygen atoms in total. The van der Waals surface area contributed by atoms with Gasteiger partial charge in [-0.05, 0) is 6.42 Å². The number of hydrogen-bond donors (Lipinski definition) is 1. The van der Waals surface area contributed by atoms with Crippen LogP contribution >= 0.6 is 0 Å². The van der Waals surface area contributed by atoms with Crippen molar-refractivity contribution >= 4 is 0 Å². The number of hydrogen-bond acceptors (Lipinski definition) is 1. The summed E-state index contributed by atoms with van der Waals surface area (Å²) in [6.07, 6.45) is 2.24. The molecule has 0 heterocycles. The second kappa shape index (κ2) is 5.20. The van der Waals surface area contributed by atoms with Crippen LogP contribution in [-0.2, 0) is 0 Å². The molecule has 2 heteroatoms. The van der Waals surface area contributed by atoms with E-state index in [1.165, 1.54) is 13.0 Å². The predicted octanol–water partition coefficient (Wildman–Crippen LogP) is 1.60. The number of quaternary nitrogens is 1. The van der Waals surface area contributed by atoms with Crippen molar-refractivity contribution in [1.82, 2.24) is 5.32 Å². The summed E-state index contributed by atoms with van der Waals surface area (Å²) in [4.78, 5) is 0. The SMILES string of the molecule is C=C(CC)NCCC[N+](C)(C)C. The van der Waals surface area contributed by atoms with Gasteiger partial charge in [-0.1, -0.05) is 13.5 Å². The third-order valence-electron chi connectivity index (χ3n) is 1.81. The van der Waals surface area contributed by atoms with Crippen molar-refractivity contribution in [3.05, 3.63) is 12.3 Å². The van der Waals surface area contributed by atoms with Gasteiger partial charge in [-0.25, -0.2) is 0 Å². The lowest BCUT2D eigenvalue weighted by Gasteiger charge is -2.23. The van der Waals surface area contributed by atoms with E-state index < -0.39 is 0 Å². The third-order valence-corrected chi connectivity index (χ3v) is 1.81. The maximum absolute atomic E-state index is 3.89. The van der Waals surface area contributed by atoms with Crippen LogP contribution in [0.3, 0.4) is 0 Å². The van der Waals surface area contributed by atoms with Crippen LogP contribution in [0.4, 0.5) is 0 Å². The largest absolute Gasteiger partial charge is 0.389 e. The van der Waals surface area contributed by atoms with Crippen LogP contribution in [0.1, 0.15) is 19.8 Å². The lowest BCUT2D eigenvalue weighted by molar-refractivity contribution is -0.870. The molecule has 0 aliphatic heterocycles. The Morgan fingerprint density at radius 2 is 1.92 bits per heavy atom. The van der Waals surface area contributed by atoms with Crippen LogP contribution in [-0.4, -0.2) is 38.7 Å². The minimum absolute atomic E-state index is 1.03. The topological polar surface area (TPSA) is 12.0 Å². The zero-order chi connectivity index (χ0) is 9.61. The highest BCUT2D eigenvalue weighted by molar-refractivity contribution is 4.88. The second-order valence-corrected chi connectivity index (χ2v) is 4.25. The van der Waals surface area contributed by atoms with E-state index >= 15 is 0 Å². The Morgan fingerprint density at radius 3 is 2.33 bits per heavy atom. The molecular weight excluding hydrogens is 148 g/mol. The lowest BCUT2D eigenvalue weighted by atomic mass is 10.3. The third kappa shape index (κ3) is 7.61. The molecule has 0 bridgehead atoms. The van der Waals surface area contributed by atoms with Gasteiger partial charge >= 0.3 is 0 Å². The Bertz CT molecular complexity index is 133. The first-order chi connectivity index (χ1) is 5.45. The summed E-state index contributed by atoms with van der Waals surface area (Å²) >= 11 is 0. The van der Waals surface area contributed by atoms with E-state index in [1.807, 2.05) is 0 Å². The van der Waals surface area contributed by atoms with Gasteiger partial charge in [0.15, 0.2) is 0 Å². The van der Waals surface area contributed by atoms with Crippen LogP contribution in [0.5, 0.6) is 0 Å². The molecule has 0 radical (unpaired) electrons. The fourth-order valence-corrected chi connectivity index (χ4v) is 0.944. The molecule has 0 spiro atoms. The summed E-state index contributed by atoms with van der Waals surface area (Å²) in [5.74, 6) is 0. The Labute approximate surface area is 76.9 Å². The maximum atomic E-state index is 3.89. The molecule has 0 rings (SSSR count). The predicted molar refractivity (Wildman–Crippen MR) is 55.0 cm³/mol. The first-order valence-electron chi connectivity index (χ1n) is 4.68. The molecule has 0 aromatic rings. The zero-order valence-electron chi connectivity index (χ0n) is 8.98. The van der Waals surface area contributed by atoms with Gasteiger partial charge in [0.25, 0.3) is 0 Å². The summed E-state index contributed by atoms with van der Waals surface area (Å²) in [5.41, 5.74) is 1.15. The molecule has 0 aromatic carbocycles. The van der Waals surface area contributed by atoms with Crippen LogP contribution in [0.15, 0.2) is 12.3 Å². The van der Waals surface area contributed by atoms with Gasteiger partial charge in [0.2, 0.25) is 0 Å². The molecule has 0 unspecified atom stereocenters. The van der Waals surface area contributed by atoms with Crippen LogP contribution < -0.4 is 5.32 Å². The highest BCUT2D eigenvalue weighted by atomic mass is 15.3. The Hall–Kier alpha value is -0.500. The van der Waals surface area contributed by atoms with Crippen molar-refractivity contribution < 1.29 is 4.48 Å². The Kier molecular flexibility index (Phi) is 4.98. The molecule has 0 saturated heterocycles. The molecule has 1 N–H and O–H groups in total. The zero-order valence-corrected chi connectivity index (χ0v) is 8.98. The van der Waals surface area contributed by atoms with Crippen molar-refractivity contribution in [3.8, 4) is 0 Å². The summed E-state index contributed by atoms with van der Waals surface area (Å²) < 4.78 is 1.04. The van der Waals surface area contributed by atoms with Crippen LogP contribution in [0.2, 0.25) is 0 Å². The van der Waals surface area contributed by atoms with Crippen molar-refractivity contribution in [2.45, 2.75) is 19.8 Å². The molecule has 72 valence electrons. The number of nitrogens with one attached hydrogen (secondary N) is 1. The van der Waals surface area contributed by atoms with E-state index in [0.717, 1.165) is 23.1 Å². The fourth-order valence-electron chi connectivity index (χ4n) is 0.944. The average Bonchev–Trinajstić information content (AvgIpc) is 1.96. The first kappa shape index (κ1) is 11.5. The quantitative estimate of drug-likeness (QED) is 0.473. The van der Waals surface area contributed by atoms with Crippen molar-refractivity contribution in [3.63, 3.8) is 0 Å². The summed E-state index contributed by atoms with van der Waals surface area (Å²) in [7, 11) is 6.65. The van der Waals surface area contributed by atoms with Gasteiger partial charge in [-0.2, -0.15) is 0 Å². The molecule has 0 atom stereocenters. The van der Waals surface area contributed by atoms with Gasteiger partial charge < -0.3 is 9.80 Å². The highest BCUT2D eigenvalue weighted by Crippen LogP contribution is 1.94. The number of nitrogens with zero attached hydrogens (tertiary/aromatic N) is 1. The van der Waals surface area contributed by atoms with Crippen molar-refractivity contribution in [2.75, 3.05) is 34.2 Å². The minimum Gasteiger partial charge on any atom is -0.389 e. The minimum atomic E-state index is 1.03. The van der Waals surface area contributed by atoms with Crippen LogP contribution in [0, 0.1) is 0 Å². The molecule has 0 fully saturated rings. The summed E-state index contributed by atoms with van der Waals surface area (Å²) in [5, 5.41) is 3.30.